The van der Waals surface area contributed by atoms with Crippen LogP contribution in [0.25, 0.3) is 0 Å². The van der Waals surface area contributed by atoms with Gasteiger partial charge in [0, 0.05) is 32.0 Å². The molecular formula is C13H15N3O5. The van der Waals surface area contributed by atoms with E-state index >= 15 is 0 Å². The highest BCUT2D eigenvalue weighted by atomic mass is 16.6. The zero-order chi connectivity index (χ0) is 15.8. The van der Waals surface area contributed by atoms with Crippen LogP contribution < -0.4 is 4.90 Å². The van der Waals surface area contributed by atoms with Crippen LogP contribution in [0.2, 0.25) is 0 Å². The Balaban J connectivity index is 3.13. The van der Waals surface area contributed by atoms with E-state index in [1.165, 1.54) is 25.3 Å². The van der Waals surface area contributed by atoms with E-state index in [9.17, 15) is 14.9 Å². The van der Waals surface area contributed by atoms with Crippen LogP contribution in [0.4, 0.5) is 11.4 Å². The first kappa shape index (κ1) is 16.4. The largest absolute Gasteiger partial charge is 0.477 e. The maximum absolute atomic E-state index is 11.0. The smallest absolute Gasteiger partial charge is 0.342 e. The molecule has 8 heteroatoms. The lowest BCUT2D eigenvalue weighted by Gasteiger charge is -2.23. The number of carbonyl (C=O) groups is 1. The van der Waals surface area contributed by atoms with Crippen molar-refractivity contribution in [3.05, 3.63) is 33.9 Å². The Labute approximate surface area is 121 Å². The zero-order valence-electron chi connectivity index (χ0n) is 11.5. The van der Waals surface area contributed by atoms with Gasteiger partial charge < -0.3 is 14.7 Å². The molecule has 1 rings (SSSR count). The quantitative estimate of drug-likeness (QED) is 0.572. The number of carboxylic acid groups (broad SMARTS) is 1. The molecule has 0 bridgehead atoms. The van der Waals surface area contributed by atoms with Crippen molar-refractivity contribution in [1.29, 1.82) is 5.26 Å². The van der Waals surface area contributed by atoms with Gasteiger partial charge in [-0.3, -0.25) is 10.1 Å². The molecule has 0 atom stereocenters. The normalized spacial score (nSPS) is 9.90. The van der Waals surface area contributed by atoms with Crippen LogP contribution in [0.5, 0.6) is 0 Å². The number of nitro benzene ring substituents is 1. The van der Waals surface area contributed by atoms with E-state index in [4.69, 9.17) is 15.1 Å². The number of ether oxygens (including phenoxy) is 1. The van der Waals surface area contributed by atoms with Crippen molar-refractivity contribution in [3.8, 4) is 6.07 Å². The summed E-state index contributed by atoms with van der Waals surface area (Å²) in [6, 6.07) is 5.89. The Morgan fingerprint density at radius 2 is 2.24 bits per heavy atom. The summed E-state index contributed by atoms with van der Waals surface area (Å²) < 4.78 is 4.96. The predicted octanol–water partition coefficient (Wildman–Crippen LogP) is 1.66. The number of nitrogens with zero attached hydrogens (tertiary/aromatic N) is 3. The third-order valence-electron chi connectivity index (χ3n) is 2.83. The molecule has 1 aromatic carbocycles. The van der Waals surface area contributed by atoms with E-state index in [2.05, 4.69) is 0 Å². The minimum absolute atomic E-state index is 0.248. The van der Waals surface area contributed by atoms with Crippen LogP contribution >= 0.6 is 0 Å². The highest BCUT2D eigenvalue weighted by Gasteiger charge is 2.21. The van der Waals surface area contributed by atoms with Gasteiger partial charge in [-0.1, -0.05) is 0 Å². The zero-order valence-corrected chi connectivity index (χ0v) is 11.5. The highest BCUT2D eigenvalue weighted by molar-refractivity contribution is 5.93. The van der Waals surface area contributed by atoms with E-state index in [1.54, 1.807) is 4.90 Å². The Morgan fingerprint density at radius 1 is 1.52 bits per heavy atom. The molecule has 112 valence electrons. The number of hydrogen-bond donors (Lipinski definition) is 1. The Kier molecular flexibility index (Phi) is 6.10. The fourth-order valence-electron chi connectivity index (χ4n) is 1.81. The van der Waals surface area contributed by atoms with Crippen LogP contribution in [0.1, 0.15) is 16.8 Å². The summed E-state index contributed by atoms with van der Waals surface area (Å²) in [6.45, 7) is 1.21. The lowest BCUT2D eigenvalue weighted by molar-refractivity contribution is -0.385. The SMILES string of the molecule is COCCN(CCC#N)c1ccc(C(=O)O)c([N+](=O)[O-])c1. The molecule has 8 nitrogen and oxygen atoms in total. The number of carboxylic acids is 1. The van der Waals surface area contributed by atoms with E-state index in [0.717, 1.165) is 0 Å². The second kappa shape index (κ2) is 7.81. The molecular weight excluding hydrogens is 278 g/mol. The first-order valence-corrected chi connectivity index (χ1v) is 6.13. The molecule has 0 radical (unpaired) electrons. The first-order chi connectivity index (χ1) is 10.0. The minimum Gasteiger partial charge on any atom is -0.477 e. The standard InChI is InChI=1S/C13H15N3O5/c1-21-8-7-15(6-2-5-14)10-3-4-11(13(17)18)12(9-10)16(19)20/h3-4,9H,2,6-8H2,1H3,(H,17,18). The molecule has 0 aliphatic carbocycles. The van der Waals surface area contributed by atoms with Gasteiger partial charge in [0.05, 0.1) is 24.0 Å². The Bertz CT molecular complexity index is 567. The van der Waals surface area contributed by atoms with Crippen molar-refractivity contribution in [1.82, 2.24) is 0 Å². The van der Waals surface area contributed by atoms with Crippen LogP contribution in [-0.4, -0.2) is 42.8 Å². The van der Waals surface area contributed by atoms with Crippen LogP contribution in [0, 0.1) is 21.4 Å². The number of nitro groups is 1. The van der Waals surface area contributed by atoms with Crippen molar-refractivity contribution in [2.24, 2.45) is 0 Å². The molecule has 0 unspecified atom stereocenters. The van der Waals surface area contributed by atoms with Crippen LogP contribution in [0.15, 0.2) is 18.2 Å². The topological polar surface area (TPSA) is 117 Å². The number of anilines is 1. The van der Waals surface area contributed by atoms with E-state index < -0.39 is 16.6 Å². The number of hydrogen-bond acceptors (Lipinski definition) is 6. The minimum atomic E-state index is -1.35. The fourth-order valence-corrected chi connectivity index (χ4v) is 1.81. The van der Waals surface area contributed by atoms with Gasteiger partial charge in [0.15, 0.2) is 0 Å². The number of rotatable bonds is 8. The third kappa shape index (κ3) is 4.43. The molecule has 0 aliphatic rings. The average molecular weight is 293 g/mol. The summed E-state index contributed by atoms with van der Waals surface area (Å²) in [5, 5.41) is 28.6. The summed E-state index contributed by atoms with van der Waals surface area (Å²) in [7, 11) is 1.53. The molecule has 1 aromatic rings. The lowest BCUT2D eigenvalue weighted by Crippen LogP contribution is -2.28. The summed E-state index contributed by atoms with van der Waals surface area (Å²) >= 11 is 0. The molecule has 0 amide bonds. The van der Waals surface area contributed by atoms with Gasteiger partial charge in [-0.25, -0.2) is 4.79 Å². The Morgan fingerprint density at radius 3 is 2.76 bits per heavy atom. The summed E-state index contributed by atoms with van der Waals surface area (Å²) in [5.41, 5.74) is -0.353. The van der Waals surface area contributed by atoms with Gasteiger partial charge in [0.2, 0.25) is 0 Å². The van der Waals surface area contributed by atoms with E-state index in [1.807, 2.05) is 6.07 Å². The molecule has 21 heavy (non-hydrogen) atoms. The average Bonchev–Trinajstić information content (AvgIpc) is 2.46. The van der Waals surface area contributed by atoms with Crippen molar-refractivity contribution < 1.29 is 19.6 Å². The van der Waals surface area contributed by atoms with Gasteiger partial charge in [0.1, 0.15) is 5.56 Å². The highest BCUT2D eigenvalue weighted by Crippen LogP contribution is 2.26. The van der Waals surface area contributed by atoms with Crippen LogP contribution in [0.3, 0.4) is 0 Å². The van der Waals surface area contributed by atoms with Gasteiger partial charge in [0.25, 0.3) is 5.69 Å². The van der Waals surface area contributed by atoms with Crippen molar-refractivity contribution in [2.75, 3.05) is 31.7 Å². The molecule has 0 aromatic heterocycles. The van der Waals surface area contributed by atoms with Crippen molar-refractivity contribution >= 4 is 17.3 Å². The van der Waals surface area contributed by atoms with E-state index in [0.29, 0.717) is 25.4 Å². The lowest BCUT2D eigenvalue weighted by atomic mass is 10.1. The molecule has 0 saturated carbocycles. The number of methoxy groups -OCH3 is 1. The predicted molar refractivity (Wildman–Crippen MR) is 74.4 cm³/mol. The summed E-state index contributed by atoms with van der Waals surface area (Å²) in [6.07, 6.45) is 0.248. The molecule has 0 aliphatic heterocycles. The van der Waals surface area contributed by atoms with Gasteiger partial charge >= 0.3 is 5.97 Å². The Hall–Kier alpha value is -2.66. The van der Waals surface area contributed by atoms with Gasteiger partial charge in [-0.2, -0.15) is 5.26 Å². The fraction of sp³-hybridized carbons (Fsp3) is 0.385. The molecule has 1 N–H and O–H groups in total. The molecule has 0 heterocycles. The summed E-state index contributed by atoms with van der Waals surface area (Å²) in [4.78, 5) is 23.0. The van der Waals surface area contributed by atoms with Crippen molar-refractivity contribution in [2.45, 2.75) is 6.42 Å². The maximum Gasteiger partial charge on any atom is 0.342 e. The maximum atomic E-state index is 11.0. The monoisotopic (exact) mass is 293 g/mol. The molecule has 0 saturated heterocycles. The van der Waals surface area contributed by atoms with Crippen molar-refractivity contribution in [3.63, 3.8) is 0 Å². The molecule has 0 fully saturated rings. The van der Waals surface area contributed by atoms with Crippen LogP contribution in [-0.2, 0) is 4.74 Å². The van der Waals surface area contributed by atoms with Gasteiger partial charge in [-0.05, 0) is 12.1 Å². The number of nitriles is 1. The van der Waals surface area contributed by atoms with E-state index in [-0.39, 0.29) is 12.0 Å². The molecule has 0 spiro atoms. The number of aromatic carboxylic acids is 1. The summed E-state index contributed by atoms with van der Waals surface area (Å²) in [5.74, 6) is -1.35. The number of benzene rings is 1. The first-order valence-electron chi connectivity index (χ1n) is 6.13. The third-order valence-corrected chi connectivity index (χ3v) is 2.83. The second-order valence-corrected chi connectivity index (χ2v) is 4.15. The van der Waals surface area contributed by atoms with Gasteiger partial charge in [-0.15, -0.1) is 0 Å². The second-order valence-electron chi connectivity index (χ2n) is 4.15.